The Hall–Kier alpha value is -3.42. The zero-order valence-electron chi connectivity index (χ0n) is 18.2. The summed E-state index contributed by atoms with van der Waals surface area (Å²) in [5.41, 5.74) is 7.74. The molecule has 0 spiro atoms. The monoisotopic (exact) mass is 435 g/mol. The number of aromatic nitrogens is 1. The number of aryl methyl sites for hydroxylation is 1. The molecule has 2 aromatic carbocycles. The molecule has 3 N–H and O–H groups in total. The molecule has 32 heavy (non-hydrogen) atoms. The first-order chi connectivity index (χ1) is 15.5. The van der Waals surface area contributed by atoms with Crippen molar-refractivity contribution in [1.82, 2.24) is 9.88 Å². The van der Waals surface area contributed by atoms with E-state index in [0.29, 0.717) is 37.7 Å². The Morgan fingerprint density at radius 3 is 2.50 bits per heavy atom. The molecule has 0 saturated carbocycles. The third kappa shape index (κ3) is 7.37. The lowest BCUT2D eigenvalue weighted by molar-refractivity contribution is 0.0600. The molecule has 1 aromatic heterocycles. The van der Waals surface area contributed by atoms with Crippen molar-refractivity contribution in [1.29, 1.82) is 0 Å². The minimum atomic E-state index is -0.661. The van der Waals surface area contributed by atoms with Gasteiger partial charge in [0.05, 0.1) is 5.56 Å². The van der Waals surface area contributed by atoms with Crippen LogP contribution in [-0.4, -0.2) is 53.3 Å². The van der Waals surface area contributed by atoms with Gasteiger partial charge in [-0.05, 0) is 30.2 Å². The summed E-state index contributed by atoms with van der Waals surface area (Å²) in [5, 5.41) is 10.6. The van der Waals surface area contributed by atoms with Gasteiger partial charge < -0.3 is 20.3 Å². The summed E-state index contributed by atoms with van der Waals surface area (Å²) < 4.78 is 11.5. The van der Waals surface area contributed by atoms with Crippen LogP contribution in [0.5, 0.6) is 11.6 Å². The number of ether oxygens (including phenoxy) is 2. The molecule has 0 radical (unpaired) electrons. The van der Waals surface area contributed by atoms with Crippen LogP contribution in [0.4, 0.5) is 0 Å². The van der Waals surface area contributed by atoms with E-state index in [9.17, 15) is 9.90 Å². The summed E-state index contributed by atoms with van der Waals surface area (Å²) in [6, 6.07) is 21.0. The molecular formula is C25H29N3O4. The van der Waals surface area contributed by atoms with E-state index >= 15 is 0 Å². The second-order valence-corrected chi connectivity index (χ2v) is 7.55. The van der Waals surface area contributed by atoms with Gasteiger partial charge in [0.15, 0.2) is 0 Å². The maximum Gasteiger partial charge on any atom is 0.250 e. The summed E-state index contributed by atoms with van der Waals surface area (Å²) in [6.45, 7) is 4.23. The van der Waals surface area contributed by atoms with Gasteiger partial charge in [-0.1, -0.05) is 48.5 Å². The van der Waals surface area contributed by atoms with Crippen molar-refractivity contribution in [2.75, 3.05) is 26.3 Å². The Bertz CT molecular complexity index is 980. The van der Waals surface area contributed by atoms with Gasteiger partial charge in [0.2, 0.25) is 11.8 Å². The summed E-state index contributed by atoms with van der Waals surface area (Å²) in [7, 11) is 0. The number of rotatable bonds is 12. The number of aliphatic hydroxyl groups excluding tert-OH is 1. The molecule has 1 atom stereocenters. The van der Waals surface area contributed by atoms with Gasteiger partial charge in [0.1, 0.15) is 25.1 Å². The quantitative estimate of drug-likeness (QED) is 0.454. The average Bonchev–Trinajstić information content (AvgIpc) is 2.79. The molecule has 3 aromatic rings. The van der Waals surface area contributed by atoms with Gasteiger partial charge >= 0.3 is 0 Å². The van der Waals surface area contributed by atoms with Gasteiger partial charge in [0.25, 0.3) is 0 Å². The van der Waals surface area contributed by atoms with Gasteiger partial charge in [-0.3, -0.25) is 9.69 Å². The van der Waals surface area contributed by atoms with Crippen LogP contribution in [0.2, 0.25) is 0 Å². The summed E-state index contributed by atoms with van der Waals surface area (Å²) in [6.07, 6.45) is 0.734. The van der Waals surface area contributed by atoms with Crippen LogP contribution in [-0.2, 0) is 6.54 Å². The molecule has 0 aliphatic rings. The standard InChI is InChI=1S/C25H29N3O4/c1-19-7-5-6-10-23(19)32-18-22(29)17-28(16-20-8-3-2-4-9-20)13-14-31-24-12-11-21(15-27-24)25(26)30/h2-12,15,22,29H,13-14,16-18H2,1H3,(H2,26,30). The van der Waals surface area contributed by atoms with Crippen molar-refractivity contribution in [3.63, 3.8) is 0 Å². The van der Waals surface area contributed by atoms with Crippen LogP contribution < -0.4 is 15.2 Å². The number of carbonyl (C=O) groups excluding carboxylic acids is 1. The van der Waals surface area contributed by atoms with Crippen molar-refractivity contribution >= 4 is 5.91 Å². The van der Waals surface area contributed by atoms with E-state index in [-0.39, 0.29) is 6.61 Å². The smallest absolute Gasteiger partial charge is 0.250 e. The molecule has 168 valence electrons. The van der Waals surface area contributed by atoms with E-state index in [1.54, 1.807) is 12.1 Å². The Labute approximate surface area is 188 Å². The number of para-hydroxylation sites is 1. The number of nitrogens with zero attached hydrogens (tertiary/aromatic N) is 2. The summed E-state index contributed by atoms with van der Waals surface area (Å²) in [4.78, 5) is 17.4. The van der Waals surface area contributed by atoms with E-state index in [4.69, 9.17) is 15.2 Å². The Morgan fingerprint density at radius 2 is 1.81 bits per heavy atom. The molecule has 3 rings (SSSR count). The number of amides is 1. The number of nitrogens with two attached hydrogens (primary N) is 1. The normalized spacial score (nSPS) is 11.8. The van der Waals surface area contributed by atoms with Crippen molar-refractivity contribution in [3.8, 4) is 11.6 Å². The predicted molar refractivity (Wildman–Crippen MR) is 123 cm³/mol. The SMILES string of the molecule is Cc1ccccc1OCC(O)CN(CCOc1ccc(C(N)=O)cn1)Cc1ccccc1. The van der Waals surface area contributed by atoms with Crippen LogP contribution in [0.1, 0.15) is 21.5 Å². The Morgan fingerprint density at radius 1 is 1.06 bits per heavy atom. The molecule has 7 heteroatoms. The highest BCUT2D eigenvalue weighted by Crippen LogP contribution is 2.16. The van der Waals surface area contributed by atoms with Crippen LogP contribution in [0.3, 0.4) is 0 Å². The highest BCUT2D eigenvalue weighted by Gasteiger charge is 2.14. The largest absolute Gasteiger partial charge is 0.491 e. The van der Waals surface area contributed by atoms with E-state index in [1.807, 2.05) is 61.5 Å². The van der Waals surface area contributed by atoms with Crippen LogP contribution in [0, 0.1) is 6.92 Å². The van der Waals surface area contributed by atoms with Crippen molar-refractivity contribution in [3.05, 3.63) is 89.6 Å². The number of hydrogen-bond donors (Lipinski definition) is 2. The maximum atomic E-state index is 11.2. The fraction of sp³-hybridized carbons (Fsp3) is 0.280. The second kappa shape index (κ2) is 11.8. The van der Waals surface area contributed by atoms with E-state index in [1.165, 1.54) is 6.20 Å². The molecule has 1 amide bonds. The molecule has 7 nitrogen and oxygen atoms in total. The Kier molecular flexibility index (Phi) is 8.60. The summed E-state index contributed by atoms with van der Waals surface area (Å²) in [5.74, 6) is 0.660. The molecule has 0 aliphatic carbocycles. The number of pyridine rings is 1. The highest BCUT2D eigenvalue weighted by molar-refractivity contribution is 5.92. The molecular weight excluding hydrogens is 406 g/mol. The minimum Gasteiger partial charge on any atom is -0.491 e. The van der Waals surface area contributed by atoms with Gasteiger partial charge in [-0.25, -0.2) is 4.98 Å². The van der Waals surface area contributed by atoms with Crippen LogP contribution in [0.25, 0.3) is 0 Å². The molecule has 0 saturated heterocycles. The van der Waals surface area contributed by atoms with E-state index < -0.39 is 12.0 Å². The van der Waals surface area contributed by atoms with E-state index in [0.717, 1.165) is 16.9 Å². The fourth-order valence-corrected chi connectivity index (χ4v) is 3.22. The van der Waals surface area contributed by atoms with E-state index in [2.05, 4.69) is 9.88 Å². The van der Waals surface area contributed by atoms with Crippen molar-refractivity contribution < 1.29 is 19.4 Å². The molecule has 0 fully saturated rings. The first-order valence-electron chi connectivity index (χ1n) is 10.5. The number of benzene rings is 2. The lowest BCUT2D eigenvalue weighted by Gasteiger charge is -2.25. The zero-order chi connectivity index (χ0) is 22.8. The highest BCUT2D eigenvalue weighted by atomic mass is 16.5. The fourth-order valence-electron chi connectivity index (χ4n) is 3.22. The number of primary amides is 1. The van der Waals surface area contributed by atoms with Gasteiger partial charge in [-0.2, -0.15) is 0 Å². The number of aliphatic hydroxyl groups is 1. The third-order valence-corrected chi connectivity index (χ3v) is 4.92. The van der Waals surface area contributed by atoms with Crippen LogP contribution >= 0.6 is 0 Å². The van der Waals surface area contributed by atoms with Crippen molar-refractivity contribution in [2.24, 2.45) is 5.73 Å². The first kappa shape index (κ1) is 23.2. The minimum absolute atomic E-state index is 0.202. The van der Waals surface area contributed by atoms with Gasteiger partial charge in [-0.15, -0.1) is 0 Å². The Balaban J connectivity index is 1.55. The average molecular weight is 436 g/mol. The first-order valence-corrected chi connectivity index (χ1v) is 10.5. The molecule has 0 aliphatic heterocycles. The maximum absolute atomic E-state index is 11.2. The third-order valence-electron chi connectivity index (χ3n) is 4.92. The zero-order valence-corrected chi connectivity index (χ0v) is 18.2. The second-order valence-electron chi connectivity index (χ2n) is 7.55. The summed E-state index contributed by atoms with van der Waals surface area (Å²) >= 11 is 0. The lowest BCUT2D eigenvalue weighted by Crippen LogP contribution is -2.37. The number of hydrogen-bond acceptors (Lipinski definition) is 6. The molecule has 1 unspecified atom stereocenters. The van der Waals surface area contributed by atoms with Crippen molar-refractivity contribution in [2.45, 2.75) is 19.6 Å². The molecule has 1 heterocycles. The van der Waals surface area contributed by atoms with Gasteiger partial charge in [0, 0.05) is 31.9 Å². The predicted octanol–water partition coefficient (Wildman–Crippen LogP) is 2.81. The topological polar surface area (TPSA) is 97.9 Å². The van der Waals surface area contributed by atoms with Crippen LogP contribution in [0.15, 0.2) is 72.9 Å². The lowest BCUT2D eigenvalue weighted by atomic mass is 10.2. The molecule has 0 bridgehead atoms. The number of carbonyl (C=O) groups is 1.